The summed E-state index contributed by atoms with van der Waals surface area (Å²) < 4.78 is 51.1. The molecule has 2 N–H and O–H groups in total. The Balaban J connectivity index is 2.22. The van der Waals surface area contributed by atoms with Gasteiger partial charge in [0.2, 0.25) is 5.88 Å². The van der Waals surface area contributed by atoms with Crippen molar-refractivity contribution in [2.24, 2.45) is 11.3 Å². The summed E-state index contributed by atoms with van der Waals surface area (Å²) >= 11 is 0. The highest BCUT2D eigenvalue weighted by Crippen LogP contribution is 2.49. The second kappa shape index (κ2) is 12.0. The molecule has 4 atom stereocenters. The van der Waals surface area contributed by atoms with Gasteiger partial charge in [-0.15, -0.1) is 0 Å². The molecule has 220 valence electrons. The number of benzene rings is 1. The van der Waals surface area contributed by atoms with E-state index in [4.69, 9.17) is 9.47 Å². The largest absolute Gasteiger partial charge is 0.481 e. The SMILES string of the molecule is CCOC(=O)N1[C@H](C(=O)O)[C@@H](C(C)(C)C)[C@H](NCc2cc(C(F)(F)F)cnc2OC)[C@@H]1c1ccccc1C(C)C. The van der Waals surface area contributed by atoms with E-state index in [-0.39, 0.29) is 30.5 Å². The van der Waals surface area contributed by atoms with Gasteiger partial charge in [-0.2, -0.15) is 13.2 Å². The Morgan fingerprint density at radius 1 is 1.18 bits per heavy atom. The number of likely N-dealkylation sites (tertiary alicyclic amines) is 1. The molecule has 1 aliphatic rings. The third-order valence-electron chi connectivity index (χ3n) is 7.31. The molecule has 40 heavy (non-hydrogen) atoms. The molecule has 0 aliphatic carbocycles. The van der Waals surface area contributed by atoms with E-state index >= 15 is 0 Å². The summed E-state index contributed by atoms with van der Waals surface area (Å²) in [5.41, 5.74) is 0.258. The zero-order valence-electron chi connectivity index (χ0n) is 23.9. The minimum Gasteiger partial charge on any atom is -0.481 e. The average molecular weight is 566 g/mol. The molecule has 0 unspecified atom stereocenters. The highest BCUT2D eigenvalue weighted by atomic mass is 19.4. The number of methoxy groups -OCH3 is 1. The molecule has 1 aliphatic heterocycles. The summed E-state index contributed by atoms with van der Waals surface area (Å²) in [5.74, 6) is -1.78. The molecule has 0 radical (unpaired) electrons. The second-order valence-corrected chi connectivity index (χ2v) is 11.3. The van der Waals surface area contributed by atoms with Gasteiger partial charge in [-0.1, -0.05) is 58.9 Å². The predicted molar refractivity (Wildman–Crippen MR) is 143 cm³/mol. The van der Waals surface area contributed by atoms with Gasteiger partial charge in [-0.3, -0.25) is 4.90 Å². The van der Waals surface area contributed by atoms with E-state index in [0.717, 1.165) is 17.2 Å². The van der Waals surface area contributed by atoms with Crippen molar-refractivity contribution >= 4 is 12.1 Å². The first kappa shape index (κ1) is 31.2. The number of carboxylic acids is 1. The monoisotopic (exact) mass is 565 g/mol. The molecule has 0 saturated carbocycles. The van der Waals surface area contributed by atoms with Crippen LogP contribution in [0.1, 0.15) is 75.8 Å². The zero-order valence-corrected chi connectivity index (χ0v) is 23.9. The molecule has 0 spiro atoms. The smallest absolute Gasteiger partial charge is 0.417 e. The van der Waals surface area contributed by atoms with Crippen LogP contribution in [0.3, 0.4) is 0 Å². The molecule has 0 bridgehead atoms. The van der Waals surface area contributed by atoms with Crippen LogP contribution in [-0.2, 0) is 22.3 Å². The molecule has 1 aromatic heterocycles. The van der Waals surface area contributed by atoms with Gasteiger partial charge >= 0.3 is 18.2 Å². The Kier molecular flexibility index (Phi) is 9.39. The van der Waals surface area contributed by atoms with Crippen molar-refractivity contribution in [3.63, 3.8) is 0 Å². The van der Waals surface area contributed by atoms with Crippen molar-refractivity contribution in [3.05, 3.63) is 58.8 Å². The van der Waals surface area contributed by atoms with Gasteiger partial charge < -0.3 is 19.9 Å². The molecular formula is C29H38F3N3O5. The number of aliphatic carboxylic acids is 1. The molecule has 1 saturated heterocycles. The van der Waals surface area contributed by atoms with Crippen LogP contribution in [0.25, 0.3) is 0 Å². The second-order valence-electron chi connectivity index (χ2n) is 11.3. The van der Waals surface area contributed by atoms with Crippen LogP contribution >= 0.6 is 0 Å². The molecular weight excluding hydrogens is 527 g/mol. The molecule has 8 nitrogen and oxygen atoms in total. The van der Waals surface area contributed by atoms with Crippen LogP contribution in [0.15, 0.2) is 36.5 Å². The Morgan fingerprint density at radius 3 is 2.35 bits per heavy atom. The maximum absolute atomic E-state index is 13.5. The number of amides is 1. The van der Waals surface area contributed by atoms with Crippen molar-refractivity contribution in [1.29, 1.82) is 0 Å². The van der Waals surface area contributed by atoms with Gasteiger partial charge in [0, 0.05) is 30.3 Å². The fraction of sp³-hybridized carbons (Fsp3) is 0.552. The van der Waals surface area contributed by atoms with E-state index in [2.05, 4.69) is 10.3 Å². The minimum atomic E-state index is -4.61. The summed E-state index contributed by atoms with van der Waals surface area (Å²) in [6.45, 7) is 11.2. The van der Waals surface area contributed by atoms with Gasteiger partial charge in [0.1, 0.15) is 6.04 Å². The van der Waals surface area contributed by atoms with E-state index in [1.54, 1.807) is 6.92 Å². The molecule has 1 amide bonds. The lowest BCUT2D eigenvalue weighted by Crippen LogP contribution is -2.48. The number of hydrogen-bond acceptors (Lipinski definition) is 6. The normalized spacial score (nSPS) is 21.5. The lowest BCUT2D eigenvalue weighted by atomic mass is 9.72. The third-order valence-corrected chi connectivity index (χ3v) is 7.31. The fourth-order valence-corrected chi connectivity index (χ4v) is 5.70. The van der Waals surface area contributed by atoms with E-state index in [1.807, 2.05) is 58.9 Å². The number of ether oxygens (including phenoxy) is 2. The first-order chi connectivity index (χ1) is 18.6. The predicted octanol–water partition coefficient (Wildman–Crippen LogP) is 6.02. The molecule has 2 heterocycles. The first-order valence-electron chi connectivity index (χ1n) is 13.2. The summed E-state index contributed by atoms with van der Waals surface area (Å²) in [5, 5.41) is 13.8. The van der Waals surface area contributed by atoms with Gasteiger partial charge in [0.15, 0.2) is 0 Å². The number of carbonyl (C=O) groups is 2. The van der Waals surface area contributed by atoms with Crippen LogP contribution in [0.2, 0.25) is 0 Å². The van der Waals surface area contributed by atoms with Crippen LogP contribution in [0.4, 0.5) is 18.0 Å². The van der Waals surface area contributed by atoms with Crippen LogP contribution in [0, 0.1) is 11.3 Å². The first-order valence-corrected chi connectivity index (χ1v) is 13.2. The number of nitrogens with zero attached hydrogens (tertiary/aromatic N) is 2. The summed E-state index contributed by atoms with van der Waals surface area (Å²) in [6.07, 6.45) is -4.67. The Morgan fingerprint density at radius 2 is 1.82 bits per heavy atom. The highest BCUT2D eigenvalue weighted by Gasteiger charge is 2.58. The lowest BCUT2D eigenvalue weighted by Gasteiger charge is -2.35. The van der Waals surface area contributed by atoms with E-state index in [1.165, 1.54) is 12.0 Å². The van der Waals surface area contributed by atoms with Gasteiger partial charge in [0.05, 0.1) is 25.3 Å². The Hall–Kier alpha value is -3.34. The van der Waals surface area contributed by atoms with Gasteiger partial charge in [-0.05, 0) is 35.4 Å². The van der Waals surface area contributed by atoms with Crippen molar-refractivity contribution < 1.29 is 37.3 Å². The summed E-state index contributed by atoms with van der Waals surface area (Å²) in [7, 11) is 1.32. The number of rotatable bonds is 8. The Labute approximate surface area is 232 Å². The van der Waals surface area contributed by atoms with E-state index in [0.29, 0.717) is 6.20 Å². The zero-order chi connectivity index (χ0) is 30.0. The Bertz CT molecular complexity index is 1210. The van der Waals surface area contributed by atoms with Crippen LogP contribution in [0.5, 0.6) is 5.88 Å². The number of hydrogen-bond donors (Lipinski definition) is 2. The highest BCUT2D eigenvalue weighted by molar-refractivity contribution is 5.82. The molecule has 1 aromatic carbocycles. The number of carboxylic acid groups (broad SMARTS) is 1. The van der Waals surface area contributed by atoms with E-state index < -0.39 is 53.3 Å². The van der Waals surface area contributed by atoms with Crippen molar-refractivity contribution in [3.8, 4) is 5.88 Å². The van der Waals surface area contributed by atoms with Crippen LogP contribution < -0.4 is 10.1 Å². The number of halogens is 3. The van der Waals surface area contributed by atoms with Crippen molar-refractivity contribution in [2.45, 2.75) is 78.3 Å². The van der Waals surface area contributed by atoms with Crippen molar-refractivity contribution in [1.82, 2.24) is 15.2 Å². The quantitative estimate of drug-likeness (QED) is 0.404. The summed E-state index contributed by atoms with van der Waals surface area (Å²) in [4.78, 5) is 31.4. The maximum atomic E-state index is 13.5. The van der Waals surface area contributed by atoms with Crippen LogP contribution in [-0.4, -0.2) is 52.9 Å². The van der Waals surface area contributed by atoms with Gasteiger partial charge in [-0.25, -0.2) is 14.6 Å². The number of aromatic nitrogens is 1. The molecule has 11 heteroatoms. The standard InChI is InChI=1S/C29H38F3N3O5/c1-8-40-27(38)35-23(20-12-10-9-11-19(20)16(2)3)22(21(28(4,5)6)24(35)26(36)37)33-14-17-13-18(29(30,31)32)15-34-25(17)39-7/h9-13,15-16,21-24,33H,8,14H2,1-7H3,(H,36,37)/t21-,22-,23-,24-/m0/s1. The topological polar surface area (TPSA) is 101 Å². The number of nitrogens with one attached hydrogen (secondary N) is 1. The van der Waals surface area contributed by atoms with Gasteiger partial charge in [0.25, 0.3) is 0 Å². The van der Waals surface area contributed by atoms with Crippen molar-refractivity contribution in [2.75, 3.05) is 13.7 Å². The molecule has 1 fully saturated rings. The third kappa shape index (κ3) is 6.35. The molecule has 3 rings (SSSR count). The minimum absolute atomic E-state index is 0.0157. The lowest BCUT2D eigenvalue weighted by molar-refractivity contribution is -0.144. The average Bonchev–Trinajstić information content (AvgIpc) is 3.23. The number of carbonyl (C=O) groups excluding carboxylic acids is 1. The van der Waals surface area contributed by atoms with E-state index in [9.17, 15) is 27.9 Å². The number of pyridine rings is 1. The number of alkyl halides is 3. The summed E-state index contributed by atoms with van der Waals surface area (Å²) in [6, 6.07) is 5.73. The maximum Gasteiger partial charge on any atom is 0.417 e. The fourth-order valence-electron chi connectivity index (χ4n) is 5.70. The molecule has 2 aromatic rings.